The van der Waals surface area contributed by atoms with Crippen molar-refractivity contribution < 1.29 is 28.7 Å². The van der Waals surface area contributed by atoms with Crippen LogP contribution >= 0.6 is 0 Å². The maximum absolute atomic E-state index is 13.6. The third kappa shape index (κ3) is 4.53. The van der Waals surface area contributed by atoms with E-state index in [0.29, 0.717) is 21.9 Å². The van der Waals surface area contributed by atoms with Crippen molar-refractivity contribution in [2.75, 3.05) is 7.05 Å². The van der Waals surface area contributed by atoms with Gasteiger partial charge in [0.2, 0.25) is 0 Å². The minimum atomic E-state index is -0.775. The fraction of sp³-hybridized carbons (Fsp3) is 0.310. The molecule has 5 rings (SSSR count). The second kappa shape index (κ2) is 9.15. The summed E-state index contributed by atoms with van der Waals surface area (Å²) in [6.45, 7) is 10.5. The number of fused-ring (bicyclic) bond motifs is 2. The molecule has 0 N–H and O–H groups in total. The van der Waals surface area contributed by atoms with Crippen LogP contribution in [0.15, 0.2) is 49.1 Å². The summed E-state index contributed by atoms with van der Waals surface area (Å²) in [5.41, 5.74) is -0.217. The van der Waals surface area contributed by atoms with E-state index in [9.17, 15) is 19.2 Å². The van der Waals surface area contributed by atoms with E-state index in [4.69, 9.17) is 9.47 Å². The van der Waals surface area contributed by atoms with Crippen molar-refractivity contribution in [3.8, 4) is 0 Å². The summed E-state index contributed by atoms with van der Waals surface area (Å²) in [5.74, 6) is -1.12. The Balaban J connectivity index is 1.79. The van der Waals surface area contributed by atoms with Crippen LogP contribution in [-0.2, 0) is 19.1 Å². The Hall–Kier alpha value is -4.80. The van der Waals surface area contributed by atoms with Gasteiger partial charge in [-0.05, 0) is 65.8 Å². The van der Waals surface area contributed by atoms with Crippen LogP contribution in [0.25, 0.3) is 33.2 Å². The van der Waals surface area contributed by atoms with Crippen LogP contribution in [0.3, 0.4) is 0 Å². The van der Waals surface area contributed by atoms with Gasteiger partial charge in [0.25, 0.3) is 11.8 Å². The quantitative estimate of drug-likeness (QED) is 0.328. The molecule has 11 nitrogen and oxygen atoms in total. The monoisotopic (exact) mass is 543 g/mol. The Bertz CT molecular complexity index is 1630. The first-order valence-electron chi connectivity index (χ1n) is 12.6. The number of aromatic nitrogens is 4. The number of hydrogen-bond acceptors (Lipinski definition) is 8. The third-order valence-corrected chi connectivity index (χ3v) is 6.13. The molecular weight excluding hydrogens is 514 g/mol. The average molecular weight is 544 g/mol. The van der Waals surface area contributed by atoms with E-state index in [1.54, 1.807) is 65.8 Å². The topological polar surface area (TPSA) is 126 Å². The van der Waals surface area contributed by atoms with Crippen LogP contribution in [-0.4, -0.2) is 66.3 Å². The second-order valence-electron chi connectivity index (χ2n) is 11.5. The first-order chi connectivity index (χ1) is 18.7. The Morgan fingerprint density at radius 2 is 1.07 bits per heavy atom. The largest absolute Gasteiger partial charge is 0.443 e. The molecule has 0 spiro atoms. The van der Waals surface area contributed by atoms with E-state index in [0.717, 1.165) is 4.90 Å². The molecule has 0 bridgehead atoms. The zero-order valence-electron chi connectivity index (χ0n) is 23.3. The number of ether oxygens (including phenoxy) is 2. The van der Waals surface area contributed by atoms with Crippen molar-refractivity contribution in [1.29, 1.82) is 0 Å². The number of rotatable bonds is 2. The van der Waals surface area contributed by atoms with Crippen LogP contribution in [0.1, 0.15) is 52.7 Å². The van der Waals surface area contributed by atoms with Gasteiger partial charge < -0.3 is 9.47 Å². The summed E-state index contributed by atoms with van der Waals surface area (Å²) >= 11 is 0. The highest BCUT2D eigenvalue weighted by Gasteiger charge is 2.40. The van der Waals surface area contributed by atoms with Gasteiger partial charge in [-0.3, -0.25) is 14.5 Å². The van der Waals surface area contributed by atoms with Gasteiger partial charge >= 0.3 is 12.2 Å². The first kappa shape index (κ1) is 26.8. The molecule has 0 saturated heterocycles. The normalized spacial score (nSPS) is 14.5. The second-order valence-corrected chi connectivity index (χ2v) is 11.5. The van der Waals surface area contributed by atoms with Gasteiger partial charge in [0.05, 0.1) is 11.1 Å². The lowest BCUT2D eigenvalue weighted by molar-refractivity contribution is -0.134. The lowest BCUT2D eigenvalue weighted by atomic mass is 9.96. The molecule has 1 aliphatic heterocycles. The Morgan fingerprint density at radius 3 is 1.43 bits per heavy atom. The van der Waals surface area contributed by atoms with Crippen LogP contribution in [0.4, 0.5) is 9.59 Å². The number of carbonyl (C=O) groups is 4. The molecule has 0 unspecified atom stereocenters. The summed E-state index contributed by atoms with van der Waals surface area (Å²) in [5, 5.41) is 0.956. The highest BCUT2D eigenvalue weighted by atomic mass is 16.6. The molecule has 11 heteroatoms. The third-order valence-electron chi connectivity index (χ3n) is 6.13. The number of nitrogens with zero attached hydrogens (tertiary/aromatic N) is 5. The summed E-state index contributed by atoms with van der Waals surface area (Å²) in [6, 6.07) is 6.78. The van der Waals surface area contributed by atoms with E-state index in [1.165, 1.54) is 41.0 Å². The summed E-state index contributed by atoms with van der Waals surface area (Å²) in [4.78, 5) is 63.1. The zero-order chi connectivity index (χ0) is 29.1. The van der Waals surface area contributed by atoms with Crippen molar-refractivity contribution in [3.05, 3.63) is 60.2 Å². The van der Waals surface area contributed by atoms with Gasteiger partial charge in [-0.2, -0.15) is 0 Å². The highest BCUT2D eigenvalue weighted by Crippen LogP contribution is 2.41. The van der Waals surface area contributed by atoms with E-state index in [1.807, 2.05) is 0 Å². The van der Waals surface area contributed by atoms with E-state index in [2.05, 4.69) is 9.97 Å². The molecule has 40 heavy (non-hydrogen) atoms. The van der Waals surface area contributed by atoms with Crippen molar-refractivity contribution in [2.45, 2.75) is 52.7 Å². The SMILES string of the molecule is CN1C(=O)C(c2cn(C(=O)OC(C)(C)C)c3ncccc23)=C(c2cn(C(=O)OC(C)(C)C)c3ncccc23)C1=O. The number of carbonyl (C=O) groups excluding carboxylic acids is 4. The summed E-state index contributed by atoms with van der Waals surface area (Å²) < 4.78 is 13.6. The molecule has 2 amide bonds. The lowest BCUT2D eigenvalue weighted by Crippen LogP contribution is -2.27. The summed E-state index contributed by atoms with van der Waals surface area (Å²) in [6.07, 6.45) is 4.60. The Labute approximate surface area is 230 Å². The van der Waals surface area contributed by atoms with Gasteiger partial charge in [-0.1, -0.05) is 0 Å². The molecule has 0 radical (unpaired) electrons. The smallest absolute Gasteiger partial charge is 0.420 e. The standard InChI is InChI=1S/C29H29N5O6/c1-28(2,3)39-26(37)33-14-18(16-10-8-12-30-22(16)33)20-21(25(36)32(7)24(20)35)19-15-34(27(38)40-29(4,5)6)23-17(19)11-9-13-31-23/h8-15H,1-7H3. The Kier molecular flexibility index (Phi) is 6.13. The summed E-state index contributed by atoms with van der Waals surface area (Å²) in [7, 11) is 1.38. The minimum Gasteiger partial charge on any atom is -0.443 e. The zero-order valence-corrected chi connectivity index (χ0v) is 23.3. The molecule has 0 aliphatic carbocycles. The molecule has 5 heterocycles. The van der Waals surface area contributed by atoms with Crippen molar-refractivity contribution in [1.82, 2.24) is 24.0 Å². The number of imide groups is 1. The molecule has 0 atom stereocenters. The number of amides is 2. The van der Waals surface area contributed by atoms with Gasteiger partial charge in [0.15, 0.2) is 0 Å². The van der Waals surface area contributed by atoms with Crippen molar-refractivity contribution in [3.63, 3.8) is 0 Å². The first-order valence-corrected chi connectivity index (χ1v) is 12.6. The minimum absolute atomic E-state index is 0.0694. The molecular formula is C29H29N5O6. The van der Waals surface area contributed by atoms with Crippen LogP contribution in [0, 0.1) is 0 Å². The fourth-order valence-corrected chi connectivity index (χ4v) is 4.56. The van der Waals surface area contributed by atoms with E-state index in [-0.39, 0.29) is 22.4 Å². The molecule has 0 aromatic carbocycles. The van der Waals surface area contributed by atoms with Gasteiger partial charge in [-0.25, -0.2) is 28.7 Å². The van der Waals surface area contributed by atoms with Gasteiger partial charge in [0, 0.05) is 53.7 Å². The highest BCUT2D eigenvalue weighted by molar-refractivity contribution is 6.50. The number of hydrogen-bond donors (Lipinski definition) is 0. The fourth-order valence-electron chi connectivity index (χ4n) is 4.56. The van der Waals surface area contributed by atoms with Crippen molar-refractivity contribution >= 4 is 57.2 Å². The molecule has 0 saturated carbocycles. The lowest BCUT2D eigenvalue weighted by Gasteiger charge is -2.19. The van der Waals surface area contributed by atoms with Crippen LogP contribution < -0.4 is 0 Å². The molecule has 0 fully saturated rings. The van der Waals surface area contributed by atoms with E-state index < -0.39 is 35.2 Å². The van der Waals surface area contributed by atoms with Gasteiger partial charge in [-0.15, -0.1) is 0 Å². The van der Waals surface area contributed by atoms with Crippen molar-refractivity contribution in [2.24, 2.45) is 0 Å². The predicted molar refractivity (Wildman–Crippen MR) is 147 cm³/mol. The predicted octanol–water partition coefficient (Wildman–Crippen LogP) is 4.86. The average Bonchev–Trinajstić information content (AvgIpc) is 3.49. The molecule has 4 aromatic rings. The molecule has 1 aliphatic rings. The van der Waals surface area contributed by atoms with Crippen LogP contribution in [0.2, 0.25) is 0 Å². The maximum atomic E-state index is 13.6. The Morgan fingerprint density at radius 1 is 0.700 bits per heavy atom. The van der Waals surface area contributed by atoms with Crippen LogP contribution in [0.5, 0.6) is 0 Å². The van der Waals surface area contributed by atoms with E-state index >= 15 is 0 Å². The molecule has 4 aromatic heterocycles. The molecule has 206 valence electrons. The number of pyridine rings is 2. The maximum Gasteiger partial charge on any atom is 0.420 e. The van der Waals surface area contributed by atoms with Gasteiger partial charge in [0.1, 0.15) is 22.5 Å². The number of likely N-dealkylation sites (N-methyl/N-ethyl adjacent to an activating group) is 1.